The zero-order valence-corrected chi connectivity index (χ0v) is 12.0. The summed E-state index contributed by atoms with van der Waals surface area (Å²) in [6, 6.07) is 0. The molecule has 7 nitrogen and oxygen atoms in total. The van der Waals surface area contributed by atoms with Crippen LogP contribution in [0.15, 0.2) is 11.2 Å². The second-order valence-corrected chi connectivity index (χ2v) is 6.57. The monoisotopic (exact) mass is 288 g/mol. The molecule has 0 aliphatic carbocycles. The van der Waals surface area contributed by atoms with Crippen LogP contribution in [-0.4, -0.2) is 43.3 Å². The van der Waals surface area contributed by atoms with Gasteiger partial charge in [-0.25, -0.2) is 18.1 Å². The van der Waals surface area contributed by atoms with E-state index in [-0.39, 0.29) is 11.6 Å². The molecule has 2 heterocycles. The van der Waals surface area contributed by atoms with Crippen molar-refractivity contribution in [2.75, 3.05) is 19.8 Å². The summed E-state index contributed by atoms with van der Waals surface area (Å²) < 4.78 is 34.3. The number of aromatic nitrogens is 2. The van der Waals surface area contributed by atoms with Crippen LogP contribution in [0.5, 0.6) is 0 Å². The fourth-order valence-corrected chi connectivity index (χ4v) is 3.61. The summed E-state index contributed by atoms with van der Waals surface area (Å²) in [5, 5.41) is 0.0341. The zero-order valence-electron chi connectivity index (χ0n) is 11.2. The molecule has 2 rings (SSSR count). The maximum atomic E-state index is 12.3. The number of nitrogens with two attached hydrogens (primary N) is 1. The van der Waals surface area contributed by atoms with Gasteiger partial charge in [0.05, 0.1) is 0 Å². The Labute approximate surface area is 113 Å². The zero-order chi connectivity index (χ0) is 14.1. The third-order valence-corrected chi connectivity index (χ3v) is 5.00. The van der Waals surface area contributed by atoms with E-state index in [2.05, 4.69) is 9.71 Å². The number of imidazole rings is 1. The second-order valence-electron chi connectivity index (χ2n) is 4.94. The van der Waals surface area contributed by atoms with Gasteiger partial charge in [-0.05, 0) is 19.8 Å². The lowest BCUT2D eigenvalue weighted by molar-refractivity contribution is 0.0501. The molecule has 3 N–H and O–H groups in total. The quantitative estimate of drug-likeness (QED) is 0.779. The summed E-state index contributed by atoms with van der Waals surface area (Å²) in [4.78, 5) is 4.05. The van der Waals surface area contributed by atoms with E-state index in [0.717, 1.165) is 0 Å². The molecule has 0 unspecified atom stereocenters. The molecule has 108 valence electrons. The summed E-state index contributed by atoms with van der Waals surface area (Å²) in [6.07, 6.45) is 2.66. The first-order valence-corrected chi connectivity index (χ1v) is 7.69. The first-order chi connectivity index (χ1) is 8.88. The number of sulfonamides is 1. The van der Waals surface area contributed by atoms with Crippen molar-refractivity contribution in [3.8, 4) is 0 Å². The van der Waals surface area contributed by atoms with Crippen molar-refractivity contribution >= 4 is 10.0 Å². The molecule has 1 aromatic heterocycles. The highest BCUT2D eigenvalue weighted by atomic mass is 32.2. The van der Waals surface area contributed by atoms with E-state index >= 15 is 0 Å². The van der Waals surface area contributed by atoms with Crippen molar-refractivity contribution in [3.05, 3.63) is 12.0 Å². The number of hydrogen-bond acceptors (Lipinski definition) is 5. The van der Waals surface area contributed by atoms with E-state index in [9.17, 15) is 8.42 Å². The smallest absolute Gasteiger partial charge is 0.260 e. The van der Waals surface area contributed by atoms with Crippen molar-refractivity contribution < 1.29 is 13.2 Å². The summed E-state index contributed by atoms with van der Waals surface area (Å²) in [5.74, 6) is 0.647. The molecule has 0 saturated carbocycles. The van der Waals surface area contributed by atoms with Crippen LogP contribution in [0.4, 0.5) is 0 Å². The number of nitrogens with zero attached hydrogens (tertiary/aromatic N) is 2. The molecule has 1 saturated heterocycles. The molecule has 8 heteroatoms. The van der Waals surface area contributed by atoms with Crippen LogP contribution in [0, 0.1) is 6.92 Å². The van der Waals surface area contributed by atoms with Gasteiger partial charge in [0.15, 0.2) is 5.03 Å². The van der Waals surface area contributed by atoms with E-state index in [4.69, 9.17) is 10.5 Å². The van der Waals surface area contributed by atoms with E-state index in [1.807, 2.05) is 0 Å². The Morgan fingerprint density at radius 2 is 2.16 bits per heavy atom. The molecule has 0 bridgehead atoms. The van der Waals surface area contributed by atoms with Crippen molar-refractivity contribution in [2.24, 2.45) is 12.8 Å². The lowest BCUT2D eigenvalue weighted by atomic mass is 9.92. The molecule has 0 aromatic carbocycles. The van der Waals surface area contributed by atoms with Crippen molar-refractivity contribution in [2.45, 2.75) is 30.3 Å². The minimum absolute atomic E-state index is 0.0341. The third-order valence-electron chi connectivity index (χ3n) is 3.55. The third kappa shape index (κ3) is 2.97. The predicted molar refractivity (Wildman–Crippen MR) is 70.1 cm³/mol. The van der Waals surface area contributed by atoms with Crippen LogP contribution in [0.3, 0.4) is 0 Å². The first kappa shape index (κ1) is 14.4. The Morgan fingerprint density at radius 1 is 1.53 bits per heavy atom. The van der Waals surface area contributed by atoms with Crippen molar-refractivity contribution in [1.82, 2.24) is 14.3 Å². The van der Waals surface area contributed by atoms with Crippen LogP contribution in [0.2, 0.25) is 0 Å². The van der Waals surface area contributed by atoms with E-state index < -0.39 is 15.6 Å². The van der Waals surface area contributed by atoms with Crippen LogP contribution < -0.4 is 10.5 Å². The number of aryl methyl sites for hydroxylation is 2. The molecule has 1 fully saturated rings. The molecule has 1 aliphatic rings. The molecule has 19 heavy (non-hydrogen) atoms. The molecular weight excluding hydrogens is 268 g/mol. The fraction of sp³-hybridized carbons (Fsp3) is 0.727. The van der Waals surface area contributed by atoms with Gasteiger partial charge in [-0.15, -0.1) is 0 Å². The van der Waals surface area contributed by atoms with Crippen LogP contribution >= 0.6 is 0 Å². The highest BCUT2D eigenvalue weighted by Crippen LogP contribution is 2.22. The van der Waals surface area contributed by atoms with Gasteiger partial charge in [0, 0.05) is 38.5 Å². The largest absolute Gasteiger partial charge is 0.381 e. The van der Waals surface area contributed by atoms with Gasteiger partial charge in [0.1, 0.15) is 5.82 Å². The lowest BCUT2D eigenvalue weighted by Crippen LogP contribution is -2.56. The maximum Gasteiger partial charge on any atom is 0.260 e. The lowest BCUT2D eigenvalue weighted by Gasteiger charge is -2.36. The minimum atomic E-state index is -3.65. The summed E-state index contributed by atoms with van der Waals surface area (Å²) >= 11 is 0. The van der Waals surface area contributed by atoms with Gasteiger partial charge in [0.25, 0.3) is 10.0 Å². The minimum Gasteiger partial charge on any atom is -0.381 e. The normalized spacial score (nSPS) is 19.5. The van der Waals surface area contributed by atoms with E-state index in [1.165, 1.54) is 6.20 Å². The number of rotatable bonds is 4. The highest BCUT2D eigenvalue weighted by Gasteiger charge is 2.36. The number of nitrogens with one attached hydrogen (secondary N) is 1. The van der Waals surface area contributed by atoms with Gasteiger partial charge in [-0.2, -0.15) is 0 Å². The molecule has 0 amide bonds. The van der Waals surface area contributed by atoms with Crippen LogP contribution in [0.25, 0.3) is 0 Å². The fourth-order valence-electron chi connectivity index (χ4n) is 2.10. The maximum absolute atomic E-state index is 12.3. The average Bonchev–Trinajstić information content (AvgIpc) is 2.71. The number of ether oxygens (including phenoxy) is 1. The van der Waals surface area contributed by atoms with Crippen molar-refractivity contribution in [1.29, 1.82) is 0 Å². The molecule has 1 aromatic rings. The summed E-state index contributed by atoms with van der Waals surface area (Å²) in [6.45, 7) is 3.04. The standard InChI is InChI=1S/C11H20N4O3S/c1-9-13-10(7-15(9)2)19(16,17)14-11(8-12)3-5-18-6-4-11/h7,14H,3-6,8,12H2,1-2H3. The molecular formula is C11H20N4O3S. The molecule has 0 spiro atoms. The predicted octanol–water partition coefficient (Wildman–Crippen LogP) is -0.485. The van der Waals surface area contributed by atoms with Crippen molar-refractivity contribution in [3.63, 3.8) is 0 Å². The molecule has 0 radical (unpaired) electrons. The second kappa shape index (κ2) is 5.20. The number of hydrogen-bond donors (Lipinski definition) is 2. The van der Waals surface area contributed by atoms with E-state index in [1.54, 1.807) is 18.5 Å². The summed E-state index contributed by atoms with van der Waals surface area (Å²) in [7, 11) is -1.89. The highest BCUT2D eigenvalue weighted by molar-refractivity contribution is 7.89. The van der Waals surface area contributed by atoms with E-state index in [0.29, 0.717) is 31.9 Å². The van der Waals surface area contributed by atoms with Crippen LogP contribution in [0.1, 0.15) is 18.7 Å². The Morgan fingerprint density at radius 3 is 2.63 bits per heavy atom. The van der Waals surface area contributed by atoms with Gasteiger partial charge < -0.3 is 15.0 Å². The SMILES string of the molecule is Cc1nc(S(=O)(=O)NC2(CN)CCOCC2)cn1C. The van der Waals surface area contributed by atoms with Crippen LogP contribution in [-0.2, 0) is 21.8 Å². The Kier molecular flexibility index (Phi) is 3.95. The Bertz CT molecular complexity index is 527. The van der Waals surface area contributed by atoms with Gasteiger partial charge in [-0.3, -0.25) is 0 Å². The Balaban J connectivity index is 2.24. The van der Waals surface area contributed by atoms with Gasteiger partial charge >= 0.3 is 0 Å². The first-order valence-electron chi connectivity index (χ1n) is 6.20. The Hall–Kier alpha value is -0.960. The van der Waals surface area contributed by atoms with Gasteiger partial charge in [-0.1, -0.05) is 0 Å². The average molecular weight is 288 g/mol. The van der Waals surface area contributed by atoms with Gasteiger partial charge in [0.2, 0.25) is 0 Å². The molecule has 0 atom stereocenters. The topological polar surface area (TPSA) is 99.2 Å². The molecule has 1 aliphatic heterocycles. The summed E-state index contributed by atoms with van der Waals surface area (Å²) in [5.41, 5.74) is 5.13.